The Balaban J connectivity index is 3.05. The van der Waals surface area contributed by atoms with Crippen molar-refractivity contribution in [1.29, 1.82) is 0 Å². The summed E-state index contributed by atoms with van der Waals surface area (Å²) >= 11 is 5.71. The Labute approximate surface area is 81.5 Å². The number of nitrogens with two attached hydrogens (primary N) is 2. The van der Waals surface area contributed by atoms with Crippen LogP contribution in [-0.4, -0.2) is 16.0 Å². The van der Waals surface area contributed by atoms with E-state index in [2.05, 4.69) is 15.3 Å². The van der Waals surface area contributed by atoms with E-state index < -0.39 is 0 Å². The van der Waals surface area contributed by atoms with Crippen LogP contribution in [0.4, 0.5) is 17.5 Å². The molecule has 6 heteroatoms. The second kappa shape index (κ2) is 3.66. The number of nitrogens with one attached hydrogen (secondary N) is 1. The molecule has 0 amide bonds. The van der Waals surface area contributed by atoms with Gasteiger partial charge in [-0.2, -0.15) is 9.97 Å². The summed E-state index contributed by atoms with van der Waals surface area (Å²) in [5.74, 6) is 0.592. The van der Waals surface area contributed by atoms with E-state index in [4.69, 9.17) is 23.1 Å². The van der Waals surface area contributed by atoms with Gasteiger partial charge in [0.25, 0.3) is 0 Å². The highest BCUT2D eigenvalue weighted by Gasteiger charge is 2.08. The summed E-state index contributed by atoms with van der Waals surface area (Å²) in [6.45, 7) is 3.93. The van der Waals surface area contributed by atoms with Crippen molar-refractivity contribution in [3.05, 3.63) is 5.15 Å². The largest absolute Gasteiger partial charge is 0.393 e. The lowest BCUT2D eigenvalue weighted by Crippen LogP contribution is -2.14. The molecule has 5 N–H and O–H groups in total. The lowest BCUT2D eigenvalue weighted by atomic mass is 10.4. The quantitative estimate of drug-likeness (QED) is 0.624. The molecule has 0 saturated heterocycles. The van der Waals surface area contributed by atoms with Gasteiger partial charge >= 0.3 is 0 Å². The normalized spacial score (nSPS) is 10.5. The fraction of sp³-hybridized carbons (Fsp3) is 0.429. The Morgan fingerprint density at radius 3 is 2.46 bits per heavy atom. The molecule has 0 fully saturated rings. The number of rotatable bonds is 2. The first-order valence-electron chi connectivity index (χ1n) is 3.85. The standard InChI is InChI=1S/C7H12ClN5/c1-3(2)11-6-4(9)5(8)12-7(10)13-6/h3H,9H2,1-2H3,(H3,10,11,12,13). The van der Waals surface area contributed by atoms with Gasteiger partial charge in [0.15, 0.2) is 11.0 Å². The molecule has 1 aromatic rings. The van der Waals surface area contributed by atoms with E-state index in [1.54, 1.807) is 0 Å². The third-order valence-electron chi connectivity index (χ3n) is 1.34. The predicted molar refractivity (Wildman–Crippen MR) is 54.6 cm³/mol. The van der Waals surface area contributed by atoms with Crippen LogP contribution in [0.3, 0.4) is 0 Å². The molecule has 0 aromatic carbocycles. The number of halogens is 1. The molecule has 0 unspecified atom stereocenters. The van der Waals surface area contributed by atoms with Crippen molar-refractivity contribution >= 4 is 29.1 Å². The summed E-state index contributed by atoms with van der Waals surface area (Å²) in [6, 6.07) is 0.215. The van der Waals surface area contributed by atoms with Gasteiger partial charge in [-0.1, -0.05) is 11.6 Å². The van der Waals surface area contributed by atoms with Crippen LogP contribution in [0.2, 0.25) is 5.15 Å². The fourth-order valence-electron chi connectivity index (χ4n) is 0.842. The van der Waals surface area contributed by atoms with Gasteiger partial charge in [-0.15, -0.1) is 0 Å². The van der Waals surface area contributed by atoms with Crippen molar-refractivity contribution in [2.75, 3.05) is 16.8 Å². The van der Waals surface area contributed by atoms with Crippen molar-refractivity contribution in [3.63, 3.8) is 0 Å². The van der Waals surface area contributed by atoms with Crippen molar-refractivity contribution < 1.29 is 0 Å². The smallest absolute Gasteiger partial charge is 0.223 e. The maximum absolute atomic E-state index is 5.71. The average molecular weight is 202 g/mol. The molecule has 72 valence electrons. The van der Waals surface area contributed by atoms with Gasteiger partial charge in [0.2, 0.25) is 5.95 Å². The van der Waals surface area contributed by atoms with Crippen LogP contribution < -0.4 is 16.8 Å². The monoisotopic (exact) mass is 201 g/mol. The highest BCUT2D eigenvalue weighted by atomic mass is 35.5. The fourth-order valence-corrected chi connectivity index (χ4v) is 1.02. The Bertz CT molecular complexity index is 312. The molecule has 0 atom stereocenters. The Morgan fingerprint density at radius 1 is 1.31 bits per heavy atom. The zero-order valence-electron chi connectivity index (χ0n) is 7.50. The summed E-state index contributed by atoms with van der Waals surface area (Å²) in [6.07, 6.45) is 0. The van der Waals surface area contributed by atoms with Crippen molar-refractivity contribution in [2.24, 2.45) is 0 Å². The number of nitrogens with zero attached hydrogens (tertiary/aromatic N) is 2. The molecule has 0 aliphatic carbocycles. The third-order valence-corrected chi connectivity index (χ3v) is 1.63. The number of hydrogen-bond acceptors (Lipinski definition) is 5. The van der Waals surface area contributed by atoms with Crippen molar-refractivity contribution in [1.82, 2.24) is 9.97 Å². The van der Waals surface area contributed by atoms with Crippen molar-refractivity contribution in [2.45, 2.75) is 19.9 Å². The molecular weight excluding hydrogens is 190 g/mol. The van der Waals surface area contributed by atoms with Gasteiger partial charge < -0.3 is 16.8 Å². The first-order valence-corrected chi connectivity index (χ1v) is 4.23. The van der Waals surface area contributed by atoms with E-state index in [0.717, 1.165) is 0 Å². The zero-order valence-corrected chi connectivity index (χ0v) is 8.26. The zero-order chi connectivity index (χ0) is 10.0. The van der Waals surface area contributed by atoms with E-state index in [1.807, 2.05) is 13.8 Å². The lowest BCUT2D eigenvalue weighted by Gasteiger charge is -2.11. The minimum absolute atomic E-state index is 0.113. The first-order chi connectivity index (χ1) is 6.00. The summed E-state index contributed by atoms with van der Waals surface area (Å²) in [5.41, 5.74) is 11.4. The lowest BCUT2D eigenvalue weighted by molar-refractivity contribution is 0.888. The van der Waals surface area contributed by atoms with E-state index in [-0.39, 0.29) is 17.1 Å². The van der Waals surface area contributed by atoms with Crippen LogP contribution in [0.1, 0.15) is 13.8 Å². The summed E-state index contributed by atoms with van der Waals surface area (Å²) in [5, 5.41) is 3.19. The molecule has 1 aromatic heterocycles. The van der Waals surface area contributed by atoms with Gasteiger partial charge in [0.05, 0.1) is 0 Å². The van der Waals surface area contributed by atoms with Crippen molar-refractivity contribution in [3.8, 4) is 0 Å². The second-order valence-corrected chi connectivity index (χ2v) is 3.29. The van der Waals surface area contributed by atoms with Crippen LogP contribution >= 0.6 is 11.6 Å². The van der Waals surface area contributed by atoms with Gasteiger partial charge in [0.1, 0.15) is 5.69 Å². The molecule has 0 saturated carbocycles. The Hall–Kier alpha value is -1.23. The number of aromatic nitrogens is 2. The summed E-state index contributed by atoms with van der Waals surface area (Å²) in [7, 11) is 0. The van der Waals surface area contributed by atoms with Gasteiger partial charge in [-0.05, 0) is 13.8 Å². The van der Waals surface area contributed by atoms with Crippen LogP contribution in [0.25, 0.3) is 0 Å². The minimum Gasteiger partial charge on any atom is -0.393 e. The average Bonchev–Trinajstić information content (AvgIpc) is 1.98. The number of anilines is 3. The topological polar surface area (TPSA) is 89.8 Å². The molecule has 0 bridgehead atoms. The third kappa shape index (κ3) is 2.35. The highest BCUT2D eigenvalue weighted by molar-refractivity contribution is 6.32. The van der Waals surface area contributed by atoms with Crippen LogP contribution in [0.15, 0.2) is 0 Å². The number of hydrogen-bond donors (Lipinski definition) is 3. The maximum atomic E-state index is 5.71. The van der Waals surface area contributed by atoms with Gasteiger partial charge in [-0.3, -0.25) is 0 Å². The molecule has 5 nitrogen and oxygen atoms in total. The molecular formula is C7H12ClN5. The van der Waals surface area contributed by atoms with Gasteiger partial charge in [0, 0.05) is 6.04 Å². The summed E-state index contributed by atoms with van der Waals surface area (Å²) < 4.78 is 0. The maximum Gasteiger partial charge on any atom is 0.223 e. The van der Waals surface area contributed by atoms with Crippen LogP contribution in [0, 0.1) is 0 Å². The molecule has 13 heavy (non-hydrogen) atoms. The molecule has 1 heterocycles. The van der Waals surface area contributed by atoms with Crippen LogP contribution in [-0.2, 0) is 0 Å². The predicted octanol–water partition coefficient (Wildman–Crippen LogP) is 1.11. The SMILES string of the molecule is CC(C)Nc1nc(N)nc(Cl)c1N. The Kier molecular flexibility index (Phi) is 2.77. The van der Waals surface area contributed by atoms with E-state index >= 15 is 0 Å². The highest BCUT2D eigenvalue weighted by Crippen LogP contribution is 2.24. The first kappa shape index (κ1) is 9.85. The van der Waals surface area contributed by atoms with Crippen LogP contribution in [0.5, 0.6) is 0 Å². The molecule has 0 radical (unpaired) electrons. The Morgan fingerprint density at radius 2 is 1.92 bits per heavy atom. The van der Waals surface area contributed by atoms with E-state index in [1.165, 1.54) is 0 Å². The molecule has 0 aliphatic heterocycles. The summed E-state index contributed by atoms with van der Waals surface area (Å²) in [4.78, 5) is 7.63. The molecule has 0 spiro atoms. The van der Waals surface area contributed by atoms with E-state index in [0.29, 0.717) is 11.5 Å². The minimum atomic E-state index is 0.113. The van der Waals surface area contributed by atoms with Gasteiger partial charge in [-0.25, -0.2) is 0 Å². The molecule has 1 rings (SSSR count). The van der Waals surface area contributed by atoms with E-state index in [9.17, 15) is 0 Å². The second-order valence-electron chi connectivity index (χ2n) is 2.93. The number of nitrogen functional groups attached to an aromatic ring is 2. The molecule has 0 aliphatic rings.